The summed E-state index contributed by atoms with van der Waals surface area (Å²) >= 11 is 0. The van der Waals surface area contributed by atoms with E-state index >= 15 is 0 Å². The lowest BCUT2D eigenvalue weighted by Crippen LogP contribution is -2.25. The van der Waals surface area contributed by atoms with Crippen molar-refractivity contribution in [2.45, 2.75) is 32.1 Å². The van der Waals surface area contributed by atoms with E-state index in [4.69, 9.17) is 5.73 Å². The molecule has 5 heteroatoms. The maximum atomic E-state index is 12.0. The molecule has 0 saturated carbocycles. The molecule has 0 aliphatic carbocycles. The van der Waals surface area contributed by atoms with E-state index in [-0.39, 0.29) is 5.75 Å². The summed E-state index contributed by atoms with van der Waals surface area (Å²) in [4.78, 5) is 0. The highest BCUT2D eigenvalue weighted by molar-refractivity contribution is 5.30. The fourth-order valence-electron chi connectivity index (χ4n) is 1.37. The van der Waals surface area contributed by atoms with Crippen molar-refractivity contribution in [1.29, 1.82) is 0 Å². The predicted molar refractivity (Wildman–Crippen MR) is 56.3 cm³/mol. The number of nitrogens with two attached hydrogens (primary N) is 1. The minimum atomic E-state index is -2.86. The van der Waals surface area contributed by atoms with Gasteiger partial charge in [0.2, 0.25) is 0 Å². The van der Waals surface area contributed by atoms with E-state index in [0.717, 1.165) is 0 Å². The normalized spacial score (nSPS) is 14.9. The molecule has 0 aromatic heterocycles. The van der Waals surface area contributed by atoms with Crippen LogP contribution in [0.25, 0.3) is 0 Å². The number of aliphatic hydroxyl groups is 1. The number of alkyl halides is 2. The Morgan fingerprint density at radius 2 is 2.12 bits per heavy atom. The third-order valence-electron chi connectivity index (χ3n) is 2.30. The van der Waals surface area contributed by atoms with Gasteiger partial charge in [-0.15, -0.1) is 0 Å². The monoisotopic (exact) mass is 231 g/mol. The summed E-state index contributed by atoms with van der Waals surface area (Å²) in [6, 6.07) is 5.47. The molecular formula is C11H15F2NO2. The fraction of sp³-hybridized carbons (Fsp3) is 0.455. The molecule has 0 heterocycles. The van der Waals surface area contributed by atoms with E-state index in [1.54, 1.807) is 19.1 Å². The number of rotatable bonds is 5. The molecule has 1 aromatic rings. The maximum absolute atomic E-state index is 12.0. The van der Waals surface area contributed by atoms with Crippen LogP contribution < -0.4 is 10.5 Å². The zero-order chi connectivity index (χ0) is 12.1. The molecule has 3 N–H and O–H groups in total. The van der Waals surface area contributed by atoms with Crippen molar-refractivity contribution in [3.05, 3.63) is 29.8 Å². The van der Waals surface area contributed by atoms with Gasteiger partial charge in [0.05, 0.1) is 12.1 Å². The van der Waals surface area contributed by atoms with Crippen LogP contribution in [0.15, 0.2) is 24.3 Å². The topological polar surface area (TPSA) is 55.5 Å². The third kappa shape index (κ3) is 3.43. The molecule has 0 bridgehead atoms. The van der Waals surface area contributed by atoms with Gasteiger partial charge in [-0.05, 0) is 24.1 Å². The first kappa shape index (κ1) is 12.9. The Hall–Kier alpha value is -1.20. The van der Waals surface area contributed by atoms with Crippen molar-refractivity contribution in [1.82, 2.24) is 0 Å². The van der Waals surface area contributed by atoms with Gasteiger partial charge in [0.1, 0.15) is 5.75 Å². The molecule has 0 unspecified atom stereocenters. The van der Waals surface area contributed by atoms with Crippen LogP contribution in [0.5, 0.6) is 5.75 Å². The molecule has 0 spiro atoms. The van der Waals surface area contributed by atoms with Gasteiger partial charge in [-0.3, -0.25) is 0 Å². The molecule has 0 fully saturated rings. The summed E-state index contributed by atoms with van der Waals surface area (Å²) in [5.41, 5.74) is 6.33. The quantitative estimate of drug-likeness (QED) is 0.815. The smallest absolute Gasteiger partial charge is 0.387 e. The average molecular weight is 231 g/mol. The van der Waals surface area contributed by atoms with Gasteiger partial charge in [0.15, 0.2) is 0 Å². The number of benzene rings is 1. The molecule has 3 nitrogen and oxygen atoms in total. The molecule has 0 aliphatic rings. The second-order valence-electron chi connectivity index (χ2n) is 3.45. The summed E-state index contributed by atoms with van der Waals surface area (Å²) in [5.74, 6) is 0.0475. The van der Waals surface area contributed by atoms with Crippen molar-refractivity contribution in [2.75, 3.05) is 0 Å². The van der Waals surface area contributed by atoms with Crippen LogP contribution in [0.3, 0.4) is 0 Å². The van der Waals surface area contributed by atoms with Gasteiger partial charge in [0.25, 0.3) is 0 Å². The van der Waals surface area contributed by atoms with Crippen molar-refractivity contribution >= 4 is 0 Å². The van der Waals surface area contributed by atoms with Crippen LogP contribution >= 0.6 is 0 Å². The lowest BCUT2D eigenvalue weighted by atomic mass is 10.0. The molecule has 90 valence electrons. The molecular weight excluding hydrogens is 216 g/mol. The summed E-state index contributed by atoms with van der Waals surface area (Å²) in [6.45, 7) is -1.06. The Bertz CT molecular complexity index is 334. The second kappa shape index (κ2) is 5.77. The zero-order valence-corrected chi connectivity index (χ0v) is 8.94. The molecule has 2 atom stereocenters. The third-order valence-corrected chi connectivity index (χ3v) is 2.30. The highest BCUT2D eigenvalue weighted by Gasteiger charge is 2.15. The van der Waals surface area contributed by atoms with Crippen molar-refractivity contribution in [3.63, 3.8) is 0 Å². The van der Waals surface area contributed by atoms with Crippen molar-refractivity contribution in [3.8, 4) is 5.75 Å². The minimum absolute atomic E-state index is 0.0475. The molecule has 0 saturated heterocycles. The number of hydrogen-bond donors (Lipinski definition) is 2. The molecule has 1 rings (SSSR count). The molecule has 1 aromatic carbocycles. The Labute approximate surface area is 92.8 Å². The van der Waals surface area contributed by atoms with E-state index in [9.17, 15) is 13.9 Å². The Balaban J connectivity index is 2.81. The molecule has 16 heavy (non-hydrogen) atoms. The summed E-state index contributed by atoms with van der Waals surface area (Å²) in [6.07, 6.45) is -0.192. The maximum Gasteiger partial charge on any atom is 0.387 e. The van der Waals surface area contributed by atoms with Gasteiger partial charge < -0.3 is 15.6 Å². The highest BCUT2D eigenvalue weighted by Crippen LogP contribution is 2.22. The highest BCUT2D eigenvalue weighted by atomic mass is 19.3. The standard InChI is InChI=1S/C11H15F2NO2/c1-2-9(15)10(14)7-4-3-5-8(6-7)16-11(12)13/h3-6,9-11,15H,2,14H2,1H3/t9-,10+/m1/s1. The number of aliphatic hydroxyl groups excluding tert-OH is 1. The largest absolute Gasteiger partial charge is 0.435 e. The van der Waals surface area contributed by atoms with Gasteiger partial charge in [-0.25, -0.2) is 0 Å². The van der Waals surface area contributed by atoms with Gasteiger partial charge >= 0.3 is 6.61 Å². The van der Waals surface area contributed by atoms with Crippen LogP contribution in [-0.4, -0.2) is 17.8 Å². The number of hydrogen-bond acceptors (Lipinski definition) is 3. The first-order valence-corrected chi connectivity index (χ1v) is 5.03. The molecule has 0 aliphatic heterocycles. The van der Waals surface area contributed by atoms with Crippen LogP contribution in [0.1, 0.15) is 24.9 Å². The predicted octanol–water partition coefficient (Wildman–Crippen LogP) is 2.06. The van der Waals surface area contributed by atoms with Crippen LogP contribution in [0.4, 0.5) is 8.78 Å². The Kier molecular flexibility index (Phi) is 4.64. The first-order chi connectivity index (χ1) is 7.54. The molecule has 0 amide bonds. The summed E-state index contributed by atoms with van der Waals surface area (Å²) in [7, 11) is 0. The summed E-state index contributed by atoms with van der Waals surface area (Å²) in [5, 5.41) is 9.54. The number of halogens is 2. The van der Waals surface area contributed by atoms with Crippen LogP contribution in [0.2, 0.25) is 0 Å². The average Bonchev–Trinajstić information content (AvgIpc) is 2.26. The van der Waals surface area contributed by atoms with Crippen molar-refractivity contribution < 1.29 is 18.6 Å². The first-order valence-electron chi connectivity index (χ1n) is 5.03. The second-order valence-corrected chi connectivity index (χ2v) is 3.45. The summed E-state index contributed by atoms with van der Waals surface area (Å²) < 4.78 is 28.2. The Morgan fingerprint density at radius 3 is 2.69 bits per heavy atom. The van der Waals surface area contributed by atoms with Gasteiger partial charge in [0, 0.05) is 0 Å². The minimum Gasteiger partial charge on any atom is -0.435 e. The van der Waals surface area contributed by atoms with E-state index in [1.165, 1.54) is 12.1 Å². The van der Waals surface area contributed by atoms with Gasteiger partial charge in [-0.1, -0.05) is 19.1 Å². The SMILES string of the molecule is CC[C@@H](O)[C@@H](N)c1cccc(OC(F)F)c1. The number of ether oxygens (including phenoxy) is 1. The molecule has 0 radical (unpaired) electrons. The lowest BCUT2D eigenvalue weighted by molar-refractivity contribution is -0.0499. The van der Waals surface area contributed by atoms with E-state index in [0.29, 0.717) is 12.0 Å². The fourth-order valence-corrected chi connectivity index (χ4v) is 1.37. The zero-order valence-electron chi connectivity index (χ0n) is 8.94. The van der Waals surface area contributed by atoms with E-state index in [2.05, 4.69) is 4.74 Å². The lowest BCUT2D eigenvalue weighted by Gasteiger charge is -2.18. The van der Waals surface area contributed by atoms with Gasteiger partial charge in [-0.2, -0.15) is 8.78 Å². The van der Waals surface area contributed by atoms with Crippen LogP contribution in [-0.2, 0) is 0 Å². The Morgan fingerprint density at radius 1 is 1.44 bits per heavy atom. The van der Waals surface area contributed by atoms with E-state index < -0.39 is 18.8 Å². The van der Waals surface area contributed by atoms with Crippen molar-refractivity contribution in [2.24, 2.45) is 5.73 Å². The van der Waals surface area contributed by atoms with E-state index in [1.807, 2.05) is 0 Å². The van der Waals surface area contributed by atoms with Crippen LogP contribution in [0, 0.1) is 0 Å².